The zero-order valence-electron chi connectivity index (χ0n) is 17.4. The number of hydrogen-bond acceptors (Lipinski definition) is 3. The van der Waals surface area contributed by atoms with Crippen LogP contribution in [0.4, 0.5) is 8.78 Å². The van der Waals surface area contributed by atoms with Gasteiger partial charge in [0.15, 0.2) is 0 Å². The van der Waals surface area contributed by atoms with E-state index in [-0.39, 0.29) is 12.3 Å². The number of hydrogen-bond donors (Lipinski definition) is 3. The van der Waals surface area contributed by atoms with Crippen LogP contribution < -0.4 is 16.4 Å². The van der Waals surface area contributed by atoms with Crippen LogP contribution in [0.15, 0.2) is 72.8 Å². The Bertz CT molecular complexity index is 990. The minimum absolute atomic E-state index is 0.234. The number of benzene rings is 3. The molecule has 6 heteroatoms. The lowest BCUT2D eigenvalue weighted by atomic mass is 9.98. The first-order chi connectivity index (χ1) is 14.9. The lowest BCUT2D eigenvalue weighted by Crippen LogP contribution is -2.52. The first kappa shape index (κ1) is 22.6. The molecule has 0 spiro atoms. The summed E-state index contributed by atoms with van der Waals surface area (Å²) in [7, 11) is 0. The lowest BCUT2D eigenvalue weighted by Gasteiger charge is -2.25. The largest absolute Gasteiger partial charge is 0.352 e. The topological polar surface area (TPSA) is 67.2 Å². The number of nitrogens with two attached hydrogens (primary N) is 1. The SMILES string of the molecule is CC(=O)NC(Cc1cc(F)cc(F)c1)[C@H](N)CNCc1ccccc1-c1ccccc1. The molecule has 0 bridgehead atoms. The molecular formula is C25H27F2N3O. The Hall–Kier alpha value is -3.09. The maximum atomic E-state index is 13.5. The standard InChI is InChI=1S/C25H27F2N3O/c1-17(31)30-25(13-18-11-21(26)14-22(27)12-18)24(28)16-29-15-20-9-5-6-10-23(20)19-7-3-2-4-8-19/h2-12,14,24-25,29H,13,15-16,28H2,1H3,(H,30,31)/t24-,25?/m1/s1. The molecule has 4 N–H and O–H groups in total. The van der Waals surface area contributed by atoms with Gasteiger partial charge in [-0.25, -0.2) is 8.78 Å². The molecular weight excluding hydrogens is 396 g/mol. The Kier molecular flexibility index (Phi) is 7.87. The fourth-order valence-electron chi connectivity index (χ4n) is 3.64. The molecule has 0 saturated carbocycles. The molecule has 162 valence electrons. The molecule has 0 aromatic heterocycles. The second-order valence-corrected chi connectivity index (χ2v) is 7.61. The third-order valence-electron chi connectivity index (χ3n) is 5.08. The van der Waals surface area contributed by atoms with E-state index in [1.54, 1.807) is 0 Å². The summed E-state index contributed by atoms with van der Waals surface area (Å²) in [5.41, 5.74) is 10.2. The van der Waals surface area contributed by atoms with Gasteiger partial charge in [-0.3, -0.25) is 4.79 Å². The van der Waals surface area contributed by atoms with Gasteiger partial charge in [-0.2, -0.15) is 0 Å². The summed E-state index contributed by atoms with van der Waals surface area (Å²) in [5.74, 6) is -1.55. The summed E-state index contributed by atoms with van der Waals surface area (Å²) in [6.07, 6.45) is 0.234. The Morgan fingerprint density at radius 3 is 2.29 bits per heavy atom. The number of halogens is 2. The van der Waals surface area contributed by atoms with Gasteiger partial charge in [-0.1, -0.05) is 54.6 Å². The van der Waals surface area contributed by atoms with Crippen molar-refractivity contribution in [2.75, 3.05) is 6.54 Å². The zero-order valence-corrected chi connectivity index (χ0v) is 17.4. The number of nitrogens with one attached hydrogen (secondary N) is 2. The smallest absolute Gasteiger partial charge is 0.217 e. The van der Waals surface area contributed by atoms with Crippen molar-refractivity contribution in [3.63, 3.8) is 0 Å². The van der Waals surface area contributed by atoms with Crippen LogP contribution >= 0.6 is 0 Å². The highest BCUT2D eigenvalue weighted by atomic mass is 19.1. The van der Waals surface area contributed by atoms with Gasteiger partial charge in [-0.05, 0) is 40.8 Å². The fraction of sp³-hybridized carbons (Fsp3) is 0.240. The fourth-order valence-corrected chi connectivity index (χ4v) is 3.64. The van der Waals surface area contributed by atoms with Crippen molar-refractivity contribution in [3.05, 3.63) is 95.6 Å². The van der Waals surface area contributed by atoms with Gasteiger partial charge in [0.2, 0.25) is 5.91 Å². The first-order valence-corrected chi connectivity index (χ1v) is 10.2. The predicted molar refractivity (Wildman–Crippen MR) is 119 cm³/mol. The highest BCUT2D eigenvalue weighted by molar-refractivity contribution is 5.73. The minimum atomic E-state index is -0.652. The van der Waals surface area contributed by atoms with E-state index in [1.807, 2.05) is 30.3 Å². The van der Waals surface area contributed by atoms with Crippen LogP contribution in [-0.2, 0) is 17.8 Å². The number of carbonyl (C=O) groups excluding carboxylic acids is 1. The number of amides is 1. The summed E-state index contributed by atoms with van der Waals surface area (Å²) in [6, 6.07) is 20.7. The predicted octanol–water partition coefficient (Wildman–Crippen LogP) is 3.80. The van der Waals surface area contributed by atoms with Crippen LogP contribution in [0.3, 0.4) is 0 Å². The highest BCUT2D eigenvalue weighted by Crippen LogP contribution is 2.23. The Balaban J connectivity index is 1.65. The average molecular weight is 424 g/mol. The molecule has 3 aromatic rings. The van der Waals surface area contributed by atoms with Crippen molar-refractivity contribution in [2.24, 2.45) is 5.73 Å². The third kappa shape index (κ3) is 6.70. The van der Waals surface area contributed by atoms with Crippen LogP contribution in [0.5, 0.6) is 0 Å². The molecule has 1 unspecified atom stereocenters. The normalized spacial score (nSPS) is 12.9. The average Bonchev–Trinajstić information content (AvgIpc) is 2.73. The van der Waals surface area contributed by atoms with Gasteiger partial charge in [0, 0.05) is 38.2 Å². The third-order valence-corrected chi connectivity index (χ3v) is 5.08. The number of rotatable bonds is 9. The molecule has 4 nitrogen and oxygen atoms in total. The van der Waals surface area contributed by atoms with E-state index in [2.05, 4.69) is 34.9 Å². The Morgan fingerprint density at radius 1 is 0.968 bits per heavy atom. The second kappa shape index (κ2) is 10.8. The van der Waals surface area contributed by atoms with E-state index in [9.17, 15) is 13.6 Å². The molecule has 0 saturated heterocycles. The molecule has 0 aliphatic rings. The van der Waals surface area contributed by atoms with Crippen LogP contribution in [0.2, 0.25) is 0 Å². The van der Waals surface area contributed by atoms with Crippen LogP contribution in [0.25, 0.3) is 11.1 Å². The van der Waals surface area contributed by atoms with Gasteiger partial charge in [0.1, 0.15) is 11.6 Å². The van der Waals surface area contributed by atoms with Gasteiger partial charge < -0.3 is 16.4 Å². The summed E-state index contributed by atoms with van der Waals surface area (Å²) in [4.78, 5) is 11.6. The van der Waals surface area contributed by atoms with E-state index in [1.165, 1.54) is 19.1 Å². The molecule has 0 aliphatic heterocycles. The van der Waals surface area contributed by atoms with Crippen molar-refractivity contribution in [3.8, 4) is 11.1 Å². The zero-order chi connectivity index (χ0) is 22.2. The summed E-state index contributed by atoms with van der Waals surface area (Å²) >= 11 is 0. The maximum Gasteiger partial charge on any atom is 0.217 e. The van der Waals surface area contributed by atoms with Crippen molar-refractivity contribution in [1.82, 2.24) is 10.6 Å². The summed E-state index contributed by atoms with van der Waals surface area (Å²) in [5, 5.41) is 6.15. The minimum Gasteiger partial charge on any atom is -0.352 e. The quantitative estimate of drug-likeness (QED) is 0.491. The first-order valence-electron chi connectivity index (χ1n) is 10.2. The summed E-state index contributed by atoms with van der Waals surface area (Å²) < 4.78 is 27.1. The van der Waals surface area contributed by atoms with E-state index in [0.29, 0.717) is 18.7 Å². The molecule has 0 heterocycles. The van der Waals surface area contributed by atoms with E-state index < -0.39 is 23.7 Å². The maximum absolute atomic E-state index is 13.5. The monoisotopic (exact) mass is 423 g/mol. The molecule has 1 amide bonds. The molecule has 2 atom stereocenters. The van der Waals surface area contributed by atoms with Crippen LogP contribution in [-0.4, -0.2) is 24.5 Å². The molecule has 0 fully saturated rings. The lowest BCUT2D eigenvalue weighted by molar-refractivity contribution is -0.119. The van der Waals surface area contributed by atoms with Crippen molar-refractivity contribution in [1.29, 1.82) is 0 Å². The van der Waals surface area contributed by atoms with Crippen molar-refractivity contribution >= 4 is 5.91 Å². The Labute approximate surface area is 181 Å². The van der Waals surface area contributed by atoms with Gasteiger partial charge in [-0.15, -0.1) is 0 Å². The summed E-state index contributed by atoms with van der Waals surface area (Å²) in [6.45, 7) is 2.42. The molecule has 0 radical (unpaired) electrons. The van der Waals surface area contributed by atoms with Gasteiger partial charge >= 0.3 is 0 Å². The second-order valence-electron chi connectivity index (χ2n) is 7.61. The molecule has 31 heavy (non-hydrogen) atoms. The Morgan fingerprint density at radius 2 is 1.61 bits per heavy atom. The van der Waals surface area contributed by atoms with Crippen molar-refractivity contribution in [2.45, 2.75) is 32.0 Å². The molecule has 3 aromatic carbocycles. The highest BCUT2D eigenvalue weighted by Gasteiger charge is 2.20. The van der Waals surface area contributed by atoms with Crippen LogP contribution in [0, 0.1) is 11.6 Å². The van der Waals surface area contributed by atoms with E-state index in [0.717, 1.165) is 22.8 Å². The van der Waals surface area contributed by atoms with Gasteiger partial charge in [0.25, 0.3) is 0 Å². The van der Waals surface area contributed by atoms with Crippen molar-refractivity contribution < 1.29 is 13.6 Å². The molecule has 0 aliphatic carbocycles. The van der Waals surface area contributed by atoms with Gasteiger partial charge in [0.05, 0.1) is 0 Å². The van der Waals surface area contributed by atoms with E-state index in [4.69, 9.17) is 5.73 Å². The van der Waals surface area contributed by atoms with E-state index >= 15 is 0 Å². The van der Waals surface area contributed by atoms with Crippen LogP contribution in [0.1, 0.15) is 18.1 Å². The number of carbonyl (C=O) groups is 1. The molecule has 3 rings (SSSR count).